The van der Waals surface area contributed by atoms with Crippen molar-refractivity contribution in [2.45, 2.75) is 12.8 Å². The van der Waals surface area contributed by atoms with E-state index in [0.29, 0.717) is 38.4 Å². The molecule has 0 bridgehead atoms. The van der Waals surface area contributed by atoms with Crippen molar-refractivity contribution in [3.63, 3.8) is 0 Å². The molecule has 1 saturated heterocycles. The molecule has 0 radical (unpaired) electrons. The molecule has 1 aromatic heterocycles. The average Bonchev–Trinajstić information content (AvgIpc) is 2.97. The summed E-state index contributed by atoms with van der Waals surface area (Å²) < 4.78 is 35.1. The first-order valence-electron chi connectivity index (χ1n) is 8.72. The summed E-state index contributed by atoms with van der Waals surface area (Å²) in [6.45, 7) is 2.96. The topological polar surface area (TPSA) is 76.2 Å². The van der Waals surface area contributed by atoms with Gasteiger partial charge in [-0.05, 0) is 29.8 Å². The number of hydrogen-bond acceptors (Lipinski definition) is 7. The van der Waals surface area contributed by atoms with E-state index < -0.39 is 12.4 Å². The van der Waals surface area contributed by atoms with Crippen LogP contribution in [0.1, 0.15) is 5.56 Å². The van der Waals surface area contributed by atoms with Crippen molar-refractivity contribution in [1.29, 1.82) is 0 Å². The zero-order valence-corrected chi connectivity index (χ0v) is 14.8. The van der Waals surface area contributed by atoms with Gasteiger partial charge in [-0.15, -0.1) is 13.8 Å². The molecule has 2 aromatic rings. The Kier molecular flexibility index (Phi) is 4.97. The summed E-state index contributed by atoms with van der Waals surface area (Å²) in [5.41, 5.74) is 1.44. The lowest BCUT2D eigenvalue weighted by Crippen LogP contribution is -2.46. The van der Waals surface area contributed by atoms with Crippen LogP contribution < -0.4 is 14.8 Å². The molecule has 28 heavy (non-hydrogen) atoms. The fourth-order valence-corrected chi connectivity index (χ4v) is 3.02. The number of anilines is 1. The Morgan fingerprint density at radius 2 is 1.82 bits per heavy atom. The smallest absolute Gasteiger partial charge is 0.395 e. The number of hydroxylamine groups is 2. The Morgan fingerprint density at radius 1 is 1.11 bits per heavy atom. The van der Waals surface area contributed by atoms with E-state index in [9.17, 15) is 13.6 Å². The molecule has 0 saturated carbocycles. The summed E-state index contributed by atoms with van der Waals surface area (Å²) in [7, 11) is 0. The Hall–Kier alpha value is -2.98. The molecular weight excluding hydrogens is 374 g/mol. The molecule has 1 aromatic carbocycles. The van der Waals surface area contributed by atoms with E-state index in [4.69, 9.17) is 4.84 Å². The van der Waals surface area contributed by atoms with Crippen molar-refractivity contribution in [2.24, 2.45) is 0 Å². The third-order valence-corrected chi connectivity index (χ3v) is 4.34. The first-order chi connectivity index (χ1) is 13.5. The van der Waals surface area contributed by atoms with E-state index in [1.165, 1.54) is 6.07 Å². The molecule has 1 fully saturated rings. The lowest BCUT2D eigenvalue weighted by molar-refractivity contribution is -0.286. The van der Waals surface area contributed by atoms with Crippen LogP contribution >= 0.6 is 0 Å². The predicted octanol–water partition coefficient (Wildman–Crippen LogP) is 2.68. The first-order valence-corrected chi connectivity index (χ1v) is 8.72. The maximum Gasteiger partial charge on any atom is 0.586 e. The van der Waals surface area contributed by atoms with Crippen LogP contribution in [0.3, 0.4) is 0 Å². The molecule has 0 aliphatic carbocycles. The molecule has 0 atom stereocenters. The van der Waals surface area contributed by atoms with Gasteiger partial charge >= 0.3 is 12.4 Å². The number of nitrogens with zero attached hydrogens (tertiary/aromatic N) is 3. The number of halogens is 2. The van der Waals surface area contributed by atoms with E-state index >= 15 is 0 Å². The van der Waals surface area contributed by atoms with Gasteiger partial charge < -0.3 is 14.3 Å². The Morgan fingerprint density at radius 3 is 2.57 bits per heavy atom. The molecule has 4 rings (SSSR count). The van der Waals surface area contributed by atoms with Gasteiger partial charge in [-0.25, -0.2) is 4.79 Å². The van der Waals surface area contributed by atoms with Crippen LogP contribution in [0.5, 0.6) is 11.5 Å². The molecular formula is C18H18F2N4O4. The second-order valence-electron chi connectivity index (χ2n) is 6.39. The van der Waals surface area contributed by atoms with Crippen molar-refractivity contribution in [1.82, 2.24) is 14.9 Å². The van der Waals surface area contributed by atoms with E-state index in [1.54, 1.807) is 41.7 Å². The highest BCUT2D eigenvalue weighted by atomic mass is 19.3. The third kappa shape index (κ3) is 4.46. The summed E-state index contributed by atoms with van der Waals surface area (Å²) >= 11 is 0. The van der Waals surface area contributed by atoms with E-state index in [-0.39, 0.29) is 11.5 Å². The number of rotatable bonds is 4. The van der Waals surface area contributed by atoms with Crippen molar-refractivity contribution >= 4 is 11.8 Å². The summed E-state index contributed by atoms with van der Waals surface area (Å²) in [6, 6.07) is 8.10. The lowest BCUT2D eigenvalue weighted by atomic mass is 10.2. The van der Waals surface area contributed by atoms with E-state index in [0.717, 1.165) is 5.56 Å². The van der Waals surface area contributed by atoms with E-state index in [1.807, 2.05) is 0 Å². The zero-order chi connectivity index (χ0) is 19.6. The van der Waals surface area contributed by atoms with E-state index in [2.05, 4.69) is 24.7 Å². The highest BCUT2D eigenvalue weighted by Gasteiger charge is 2.43. The van der Waals surface area contributed by atoms with Crippen molar-refractivity contribution in [3.05, 3.63) is 48.3 Å². The maximum absolute atomic E-state index is 13.1. The number of nitrogens with one attached hydrogen (secondary N) is 1. The predicted molar refractivity (Wildman–Crippen MR) is 93.8 cm³/mol. The Bertz CT molecular complexity index is 845. The van der Waals surface area contributed by atoms with Crippen LogP contribution in [-0.4, -0.2) is 53.5 Å². The van der Waals surface area contributed by atoms with Crippen LogP contribution in [0.4, 0.5) is 19.3 Å². The zero-order valence-electron chi connectivity index (χ0n) is 14.8. The van der Waals surface area contributed by atoms with Gasteiger partial charge in [-0.3, -0.25) is 15.2 Å². The fraction of sp³-hybridized carbons (Fsp3) is 0.333. The molecule has 0 spiro atoms. The van der Waals surface area contributed by atoms with Gasteiger partial charge in [0.1, 0.15) is 0 Å². The number of piperazine rings is 1. The minimum absolute atomic E-state index is 0.0344. The molecule has 8 nitrogen and oxygen atoms in total. The quantitative estimate of drug-likeness (QED) is 0.857. The number of carbonyl (C=O) groups is 1. The normalized spacial score (nSPS) is 18.6. The minimum Gasteiger partial charge on any atom is -0.395 e. The van der Waals surface area contributed by atoms with Crippen LogP contribution in [0, 0.1) is 0 Å². The molecule has 0 unspecified atom stereocenters. The molecule has 3 heterocycles. The number of ether oxygens (including phenoxy) is 2. The first kappa shape index (κ1) is 18.4. The van der Waals surface area contributed by atoms with Gasteiger partial charge in [-0.1, -0.05) is 6.07 Å². The fourth-order valence-electron chi connectivity index (χ4n) is 3.02. The highest BCUT2D eigenvalue weighted by Crippen LogP contribution is 2.41. The van der Waals surface area contributed by atoms with Crippen LogP contribution in [0.25, 0.3) is 0 Å². The third-order valence-electron chi connectivity index (χ3n) is 4.34. The monoisotopic (exact) mass is 392 g/mol. The lowest BCUT2D eigenvalue weighted by Gasteiger charge is -2.33. The van der Waals surface area contributed by atoms with Gasteiger partial charge in [-0.2, -0.15) is 0 Å². The molecule has 1 N–H and O–H groups in total. The SMILES string of the molecule is O=C(Nc1ccncc1)ON1CCN(Cc2ccc3c(c2)OC(F)(F)O3)CC1. The average molecular weight is 392 g/mol. The van der Waals surface area contributed by atoms with Crippen LogP contribution in [-0.2, 0) is 11.4 Å². The number of alkyl halides is 2. The van der Waals surface area contributed by atoms with Crippen LogP contribution in [0.2, 0.25) is 0 Å². The van der Waals surface area contributed by atoms with Crippen molar-refractivity contribution in [3.8, 4) is 11.5 Å². The van der Waals surface area contributed by atoms with Gasteiger partial charge in [0, 0.05) is 50.8 Å². The van der Waals surface area contributed by atoms with Crippen molar-refractivity contribution in [2.75, 3.05) is 31.5 Å². The number of fused-ring (bicyclic) bond motifs is 1. The molecule has 10 heteroatoms. The molecule has 2 aliphatic heterocycles. The summed E-state index contributed by atoms with van der Waals surface area (Å²) in [4.78, 5) is 23.2. The standard InChI is InChI=1S/C18H18F2N4O4/c19-18(20)26-15-2-1-13(11-16(15)27-18)12-23-7-9-24(10-8-23)28-17(25)22-14-3-5-21-6-4-14/h1-6,11H,7-10,12H2,(H,21,22,25). The summed E-state index contributed by atoms with van der Waals surface area (Å²) in [6.07, 6.45) is -1.02. The number of carbonyl (C=O) groups excluding carboxylic acids is 1. The van der Waals surface area contributed by atoms with Gasteiger partial charge in [0.25, 0.3) is 0 Å². The highest BCUT2D eigenvalue weighted by molar-refractivity contribution is 5.84. The summed E-state index contributed by atoms with van der Waals surface area (Å²) in [5, 5.41) is 4.22. The molecule has 2 aliphatic rings. The maximum atomic E-state index is 13.1. The van der Waals surface area contributed by atoms with Gasteiger partial charge in [0.05, 0.1) is 0 Å². The van der Waals surface area contributed by atoms with Crippen LogP contribution in [0.15, 0.2) is 42.7 Å². The number of amides is 1. The number of pyridine rings is 1. The second-order valence-corrected chi connectivity index (χ2v) is 6.39. The van der Waals surface area contributed by atoms with Gasteiger partial charge in [0.15, 0.2) is 11.5 Å². The molecule has 148 valence electrons. The Labute approximate surface area is 159 Å². The minimum atomic E-state index is -3.61. The molecule has 1 amide bonds. The number of aromatic nitrogens is 1. The number of benzene rings is 1. The van der Waals surface area contributed by atoms with Gasteiger partial charge in [0.2, 0.25) is 0 Å². The Balaban J connectivity index is 1.24. The van der Waals surface area contributed by atoms with Crippen molar-refractivity contribution < 1.29 is 27.9 Å². The summed E-state index contributed by atoms with van der Waals surface area (Å²) in [5.74, 6) is 0.0735. The second kappa shape index (κ2) is 7.56. The number of hydrogen-bond donors (Lipinski definition) is 1. The largest absolute Gasteiger partial charge is 0.586 e.